The van der Waals surface area contributed by atoms with Crippen molar-refractivity contribution < 1.29 is 8.95 Å². The van der Waals surface area contributed by atoms with E-state index in [1.807, 2.05) is 38.1 Å². The van der Waals surface area contributed by atoms with Crippen molar-refractivity contribution in [3.8, 4) is 0 Å². The number of nitrogens with zero attached hydrogens (tertiary/aromatic N) is 1. The summed E-state index contributed by atoms with van der Waals surface area (Å²) < 4.78 is 21.5. The Kier molecular flexibility index (Phi) is 5.69. The Morgan fingerprint density at radius 3 is 2.50 bits per heavy atom. The lowest BCUT2D eigenvalue weighted by Crippen LogP contribution is -2.29. The first-order chi connectivity index (χ1) is 8.50. The summed E-state index contributed by atoms with van der Waals surface area (Å²) in [5.74, 6) is 0. The van der Waals surface area contributed by atoms with E-state index in [0.717, 1.165) is 18.4 Å². The zero-order chi connectivity index (χ0) is 13.6. The smallest absolute Gasteiger partial charge is 0.172 e. The van der Waals surface area contributed by atoms with Gasteiger partial charge in [0.15, 0.2) is 11.0 Å². The fourth-order valence-corrected chi connectivity index (χ4v) is 2.40. The second-order valence-corrected chi connectivity index (χ2v) is 5.74. The van der Waals surface area contributed by atoms with Crippen LogP contribution in [0.5, 0.6) is 0 Å². The van der Waals surface area contributed by atoms with E-state index in [1.165, 1.54) is 0 Å². The van der Waals surface area contributed by atoms with E-state index in [-0.39, 0.29) is 0 Å². The van der Waals surface area contributed by atoms with E-state index in [2.05, 4.69) is 11.3 Å². The number of benzene rings is 1. The quantitative estimate of drug-likeness (QED) is 0.742. The molecule has 1 rings (SSSR count). The normalized spacial score (nSPS) is 16.7. The highest BCUT2D eigenvalue weighted by molar-refractivity contribution is 7.83. The Hall–Kier alpha value is -1.00. The molecule has 100 valence electrons. The predicted molar refractivity (Wildman–Crippen MR) is 76.4 cm³/mol. The number of hydrogen-bond acceptors (Lipinski definition) is 2. The van der Waals surface area contributed by atoms with Gasteiger partial charge in [0.05, 0.1) is 4.90 Å². The van der Waals surface area contributed by atoms with Crippen molar-refractivity contribution in [1.82, 2.24) is 0 Å². The molecule has 0 N–H and O–H groups in total. The van der Waals surface area contributed by atoms with Crippen LogP contribution in [0.15, 0.2) is 33.6 Å². The van der Waals surface area contributed by atoms with E-state index in [0.29, 0.717) is 4.90 Å². The van der Waals surface area contributed by atoms with Crippen LogP contribution in [0.2, 0.25) is 0 Å². The van der Waals surface area contributed by atoms with Crippen LogP contribution in [0, 0.1) is 6.92 Å². The fourth-order valence-electron chi connectivity index (χ4n) is 1.59. The second kappa shape index (κ2) is 6.81. The minimum atomic E-state index is -1.35. The SMILES string of the molecule is CCC[C@@](C)(/C=N/S(=O)c1ccc(C)cc1)OC. The van der Waals surface area contributed by atoms with Gasteiger partial charge >= 0.3 is 0 Å². The maximum absolute atomic E-state index is 12.0. The summed E-state index contributed by atoms with van der Waals surface area (Å²) in [6.45, 7) is 6.04. The zero-order valence-corrected chi connectivity index (χ0v) is 12.3. The number of hydrogen-bond donors (Lipinski definition) is 0. The highest BCUT2D eigenvalue weighted by Gasteiger charge is 2.20. The summed E-state index contributed by atoms with van der Waals surface area (Å²) in [4.78, 5) is 0.715. The molecule has 1 aromatic rings. The molecule has 0 bridgehead atoms. The number of ether oxygens (including phenoxy) is 1. The maximum atomic E-state index is 12.0. The molecule has 0 aliphatic rings. The number of rotatable bonds is 6. The van der Waals surface area contributed by atoms with Crippen molar-refractivity contribution in [2.45, 2.75) is 44.1 Å². The Labute approximate surface area is 112 Å². The first kappa shape index (κ1) is 15.1. The third kappa shape index (κ3) is 4.35. The van der Waals surface area contributed by atoms with Gasteiger partial charge in [-0.25, -0.2) is 4.21 Å². The molecule has 0 saturated heterocycles. The van der Waals surface area contributed by atoms with Gasteiger partial charge < -0.3 is 4.74 Å². The number of aryl methyl sites for hydroxylation is 1. The summed E-state index contributed by atoms with van der Waals surface area (Å²) in [5.41, 5.74) is 0.710. The van der Waals surface area contributed by atoms with Gasteiger partial charge in [-0.3, -0.25) is 0 Å². The molecule has 0 aliphatic heterocycles. The predicted octanol–water partition coefficient (Wildman–Crippen LogP) is 3.29. The summed E-state index contributed by atoms with van der Waals surface area (Å²) in [6.07, 6.45) is 3.51. The van der Waals surface area contributed by atoms with Crippen LogP contribution >= 0.6 is 0 Å². The molecule has 0 aliphatic carbocycles. The molecular formula is C14H21NO2S. The molecule has 0 saturated carbocycles. The Morgan fingerprint density at radius 1 is 1.39 bits per heavy atom. The number of methoxy groups -OCH3 is 1. The molecule has 1 aromatic carbocycles. The van der Waals surface area contributed by atoms with Crippen molar-refractivity contribution in [3.63, 3.8) is 0 Å². The summed E-state index contributed by atoms with van der Waals surface area (Å²) in [5, 5.41) is 0. The standard InChI is InChI=1S/C14H21NO2S/c1-5-10-14(3,17-4)11-15-18(16)13-8-6-12(2)7-9-13/h6-9,11H,5,10H2,1-4H3/b15-11+/t14-,18?/m0/s1. The van der Waals surface area contributed by atoms with Gasteiger partial charge in [0.25, 0.3) is 0 Å². The zero-order valence-electron chi connectivity index (χ0n) is 11.5. The first-order valence-electron chi connectivity index (χ1n) is 6.09. The molecule has 18 heavy (non-hydrogen) atoms. The van der Waals surface area contributed by atoms with Crippen LogP contribution in [-0.2, 0) is 15.7 Å². The van der Waals surface area contributed by atoms with Gasteiger partial charge in [-0.2, -0.15) is 4.40 Å². The molecule has 3 nitrogen and oxygen atoms in total. The second-order valence-electron chi connectivity index (χ2n) is 4.56. The average Bonchev–Trinajstić information content (AvgIpc) is 2.37. The van der Waals surface area contributed by atoms with Crippen molar-refractivity contribution in [2.24, 2.45) is 4.40 Å². The lowest BCUT2D eigenvalue weighted by molar-refractivity contribution is 0.0627. The molecule has 0 fully saturated rings. The van der Waals surface area contributed by atoms with Gasteiger partial charge in [0.2, 0.25) is 0 Å². The highest BCUT2D eigenvalue weighted by atomic mass is 32.2. The molecule has 0 aromatic heterocycles. The van der Waals surface area contributed by atoms with Crippen molar-refractivity contribution in [3.05, 3.63) is 29.8 Å². The molecule has 4 heteroatoms. The lowest BCUT2D eigenvalue weighted by Gasteiger charge is -2.22. The van der Waals surface area contributed by atoms with Crippen molar-refractivity contribution >= 4 is 17.2 Å². The van der Waals surface area contributed by atoms with Gasteiger partial charge in [0, 0.05) is 13.3 Å². The Balaban J connectivity index is 2.77. The lowest BCUT2D eigenvalue weighted by atomic mass is 10.0. The fraction of sp³-hybridized carbons (Fsp3) is 0.500. The minimum Gasteiger partial charge on any atom is -0.373 e. The van der Waals surface area contributed by atoms with E-state index >= 15 is 0 Å². The van der Waals surface area contributed by atoms with Crippen molar-refractivity contribution in [1.29, 1.82) is 0 Å². The third-order valence-electron chi connectivity index (χ3n) is 2.86. The van der Waals surface area contributed by atoms with Crippen LogP contribution in [0.3, 0.4) is 0 Å². The molecule has 1 unspecified atom stereocenters. The first-order valence-corrected chi connectivity index (χ1v) is 7.20. The highest BCUT2D eigenvalue weighted by Crippen LogP contribution is 2.15. The van der Waals surface area contributed by atoms with Crippen molar-refractivity contribution in [2.75, 3.05) is 7.11 Å². The Morgan fingerprint density at radius 2 is 2.00 bits per heavy atom. The topological polar surface area (TPSA) is 38.7 Å². The van der Waals surface area contributed by atoms with E-state index in [1.54, 1.807) is 13.3 Å². The van der Waals surface area contributed by atoms with Crippen LogP contribution in [0.1, 0.15) is 32.3 Å². The van der Waals surface area contributed by atoms with Gasteiger partial charge in [0.1, 0.15) is 5.60 Å². The van der Waals surface area contributed by atoms with Crippen LogP contribution in [0.4, 0.5) is 0 Å². The van der Waals surface area contributed by atoms with E-state index in [4.69, 9.17) is 4.74 Å². The van der Waals surface area contributed by atoms with E-state index < -0.39 is 16.6 Å². The molecule has 0 amide bonds. The molecule has 0 spiro atoms. The molecule has 0 radical (unpaired) electrons. The molecule has 0 heterocycles. The monoisotopic (exact) mass is 267 g/mol. The van der Waals surface area contributed by atoms with Crippen LogP contribution in [-0.4, -0.2) is 23.1 Å². The molecular weight excluding hydrogens is 246 g/mol. The van der Waals surface area contributed by atoms with Gasteiger partial charge in [-0.15, -0.1) is 0 Å². The molecule has 2 atom stereocenters. The van der Waals surface area contributed by atoms with E-state index in [9.17, 15) is 4.21 Å². The van der Waals surface area contributed by atoms with Crippen LogP contribution < -0.4 is 0 Å². The minimum absolute atomic E-state index is 0.435. The third-order valence-corrected chi connectivity index (χ3v) is 3.83. The average molecular weight is 267 g/mol. The Bertz CT molecular complexity index is 428. The van der Waals surface area contributed by atoms with Crippen LogP contribution in [0.25, 0.3) is 0 Å². The maximum Gasteiger partial charge on any atom is 0.172 e. The van der Waals surface area contributed by atoms with Gasteiger partial charge in [-0.1, -0.05) is 31.0 Å². The summed E-state index contributed by atoms with van der Waals surface area (Å²) in [7, 11) is 0.295. The summed E-state index contributed by atoms with van der Waals surface area (Å²) in [6, 6.07) is 7.55. The largest absolute Gasteiger partial charge is 0.373 e. The van der Waals surface area contributed by atoms with Gasteiger partial charge in [-0.05, 0) is 32.4 Å². The summed E-state index contributed by atoms with van der Waals surface area (Å²) >= 11 is 0.